The number of benzene rings is 2. The maximum Gasteiger partial charge on any atom is 0.344 e. The summed E-state index contributed by atoms with van der Waals surface area (Å²) < 4.78 is 28.3. The topological polar surface area (TPSA) is 85.6 Å². The molecule has 0 bridgehead atoms. The van der Waals surface area contributed by atoms with E-state index in [2.05, 4.69) is 5.16 Å². The van der Waals surface area contributed by atoms with E-state index < -0.39 is 17.2 Å². The van der Waals surface area contributed by atoms with Crippen molar-refractivity contribution in [3.8, 4) is 5.75 Å². The molecule has 2 aliphatic rings. The van der Waals surface area contributed by atoms with Crippen LogP contribution in [-0.2, 0) is 16.2 Å². The van der Waals surface area contributed by atoms with Crippen molar-refractivity contribution in [1.82, 2.24) is 4.68 Å². The number of aromatic nitrogens is 1. The first-order valence-electron chi connectivity index (χ1n) is 10.8. The summed E-state index contributed by atoms with van der Waals surface area (Å²) in [5.74, 6) is -1.12. The fraction of sp³-hybridized carbons (Fsp3) is 0.292. The number of carbonyl (C=O) groups is 1. The molecule has 34 heavy (non-hydrogen) atoms. The van der Waals surface area contributed by atoms with Crippen molar-refractivity contribution in [3.63, 3.8) is 0 Å². The number of esters is 1. The molecule has 5 rings (SSSR count). The molecule has 3 aromatic rings. The Morgan fingerprint density at radius 2 is 2.06 bits per heavy atom. The lowest BCUT2D eigenvalue weighted by Crippen LogP contribution is -2.40. The Kier molecular flexibility index (Phi) is 5.56. The van der Waals surface area contributed by atoms with Crippen LogP contribution in [0.3, 0.4) is 0 Å². The Morgan fingerprint density at radius 1 is 1.26 bits per heavy atom. The molecule has 0 aliphatic carbocycles. The van der Waals surface area contributed by atoms with Gasteiger partial charge in [0.25, 0.3) is 0 Å². The van der Waals surface area contributed by atoms with Gasteiger partial charge in [-0.05, 0) is 11.6 Å². The SMILES string of the molecule is CON=C1CCN(c2c(F)cc3c(=O)c(C(=O)OCc4ccccc4)cn4c3c2OCN4C)C1. The zero-order valence-corrected chi connectivity index (χ0v) is 18.8. The molecule has 3 heterocycles. The van der Waals surface area contributed by atoms with Gasteiger partial charge in [0.15, 0.2) is 18.3 Å². The van der Waals surface area contributed by atoms with Gasteiger partial charge in [-0.3, -0.25) is 14.5 Å². The maximum absolute atomic E-state index is 15.4. The summed E-state index contributed by atoms with van der Waals surface area (Å²) in [6.45, 7) is 1.04. The average molecular weight is 466 g/mol. The number of hydrogen-bond donors (Lipinski definition) is 0. The van der Waals surface area contributed by atoms with Gasteiger partial charge in [-0.15, -0.1) is 0 Å². The smallest absolute Gasteiger partial charge is 0.344 e. The number of ether oxygens (including phenoxy) is 2. The first kappa shape index (κ1) is 21.7. The molecule has 2 aliphatic heterocycles. The number of nitrogens with zero attached hydrogens (tertiary/aromatic N) is 4. The number of rotatable bonds is 5. The van der Waals surface area contributed by atoms with Gasteiger partial charge in [0.05, 0.1) is 17.6 Å². The van der Waals surface area contributed by atoms with E-state index in [-0.39, 0.29) is 35.7 Å². The molecular weight excluding hydrogens is 443 g/mol. The van der Waals surface area contributed by atoms with E-state index >= 15 is 4.39 Å². The fourth-order valence-electron chi connectivity index (χ4n) is 4.30. The van der Waals surface area contributed by atoms with Crippen LogP contribution in [0.4, 0.5) is 10.1 Å². The van der Waals surface area contributed by atoms with Gasteiger partial charge in [0.1, 0.15) is 30.5 Å². The minimum Gasteiger partial charge on any atom is -0.467 e. The molecule has 0 amide bonds. The van der Waals surface area contributed by atoms with Crippen molar-refractivity contribution >= 4 is 28.3 Å². The minimum atomic E-state index is -0.773. The second-order valence-electron chi connectivity index (χ2n) is 8.15. The first-order chi connectivity index (χ1) is 16.5. The molecule has 0 spiro atoms. The predicted octanol–water partition coefficient (Wildman–Crippen LogP) is 2.63. The van der Waals surface area contributed by atoms with Crippen LogP contribution < -0.4 is 20.1 Å². The molecule has 176 valence electrons. The van der Waals surface area contributed by atoms with Gasteiger partial charge in [0, 0.05) is 26.2 Å². The summed E-state index contributed by atoms with van der Waals surface area (Å²) in [7, 11) is 3.21. The lowest BCUT2D eigenvalue weighted by Gasteiger charge is -2.33. The third-order valence-electron chi connectivity index (χ3n) is 5.93. The van der Waals surface area contributed by atoms with Crippen molar-refractivity contribution in [1.29, 1.82) is 0 Å². The van der Waals surface area contributed by atoms with E-state index in [1.54, 1.807) is 16.7 Å². The van der Waals surface area contributed by atoms with Gasteiger partial charge >= 0.3 is 5.97 Å². The van der Waals surface area contributed by atoms with Crippen LogP contribution >= 0.6 is 0 Å². The molecule has 1 fully saturated rings. The molecule has 0 radical (unpaired) electrons. The highest BCUT2D eigenvalue weighted by Gasteiger charge is 2.32. The Balaban J connectivity index is 1.58. The van der Waals surface area contributed by atoms with Crippen LogP contribution in [0, 0.1) is 5.82 Å². The fourth-order valence-corrected chi connectivity index (χ4v) is 4.30. The number of pyridine rings is 1. The predicted molar refractivity (Wildman–Crippen MR) is 125 cm³/mol. The van der Waals surface area contributed by atoms with Gasteiger partial charge in [-0.25, -0.2) is 9.18 Å². The van der Waals surface area contributed by atoms with Crippen molar-refractivity contribution in [2.24, 2.45) is 5.16 Å². The molecule has 2 aromatic carbocycles. The summed E-state index contributed by atoms with van der Waals surface area (Å²) in [6, 6.07) is 10.3. The van der Waals surface area contributed by atoms with E-state index in [0.29, 0.717) is 25.0 Å². The number of oxime groups is 1. The van der Waals surface area contributed by atoms with E-state index in [0.717, 1.165) is 17.3 Å². The van der Waals surface area contributed by atoms with Crippen LogP contribution in [0.15, 0.2) is 52.5 Å². The van der Waals surface area contributed by atoms with Crippen LogP contribution in [0.25, 0.3) is 10.9 Å². The summed E-state index contributed by atoms with van der Waals surface area (Å²) in [4.78, 5) is 32.7. The van der Waals surface area contributed by atoms with Crippen molar-refractivity contribution < 1.29 is 23.5 Å². The van der Waals surface area contributed by atoms with E-state index in [1.165, 1.54) is 13.3 Å². The Morgan fingerprint density at radius 3 is 2.82 bits per heavy atom. The summed E-state index contributed by atoms with van der Waals surface area (Å²) >= 11 is 0. The molecule has 0 saturated carbocycles. The zero-order chi connectivity index (χ0) is 23.8. The highest BCUT2D eigenvalue weighted by Crippen LogP contribution is 2.40. The van der Waals surface area contributed by atoms with E-state index in [1.807, 2.05) is 35.2 Å². The van der Waals surface area contributed by atoms with Gasteiger partial charge in [0.2, 0.25) is 5.43 Å². The monoisotopic (exact) mass is 466 g/mol. The molecule has 1 aromatic heterocycles. The maximum atomic E-state index is 15.4. The van der Waals surface area contributed by atoms with Crippen LogP contribution in [0.2, 0.25) is 0 Å². The van der Waals surface area contributed by atoms with Gasteiger partial charge in [-0.1, -0.05) is 35.5 Å². The molecule has 0 unspecified atom stereocenters. The molecule has 0 atom stereocenters. The quantitative estimate of drug-likeness (QED) is 0.422. The zero-order valence-electron chi connectivity index (χ0n) is 18.8. The van der Waals surface area contributed by atoms with Gasteiger partial charge in [-0.2, -0.15) is 0 Å². The Bertz CT molecular complexity index is 1360. The molecular formula is C24H23FN4O5. The lowest BCUT2D eigenvalue weighted by atomic mass is 10.1. The van der Waals surface area contributed by atoms with Crippen LogP contribution in [0.1, 0.15) is 22.3 Å². The Hall–Kier alpha value is -4.08. The second kappa shape index (κ2) is 8.69. The first-order valence-corrected chi connectivity index (χ1v) is 10.8. The van der Waals surface area contributed by atoms with Crippen LogP contribution in [-0.4, -0.2) is 50.3 Å². The highest BCUT2D eigenvalue weighted by molar-refractivity contribution is 5.99. The second-order valence-corrected chi connectivity index (χ2v) is 8.15. The summed E-state index contributed by atoms with van der Waals surface area (Å²) in [6.07, 6.45) is 2.05. The molecule has 1 saturated heterocycles. The van der Waals surface area contributed by atoms with E-state index in [4.69, 9.17) is 14.3 Å². The Labute approximate surface area is 194 Å². The standard InChI is InChI=1S/C24H23FN4O5/c1-27-14-34-23-20-17(10-19(25)21(23)28-9-8-16(11-28)26-32-2)22(30)18(12-29(20)27)24(31)33-13-15-6-4-3-5-7-15/h3-7,10,12H,8-9,11,13-14H2,1-2H3. The lowest BCUT2D eigenvalue weighted by molar-refractivity contribution is 0.0470. The summed E-state index contributed by atoms with van der Waals surface area (Å²) in [5, 5.41) is 5.70. The van der Waals surface area contributed by atoms with Crippen molar-refractivity contribution in [2.45, 2.75) is 13.0 Å². The van der Waals surface area contributed by atoms with Gasteiger partial charge < -0.3 is 19.2 Å². The van der Waals surface area contributed by atoms with Crippen molar-refractivity contribution in [3.05, 3.63) is 69.8 Å². The number of anilines is 1. The van der Waals surface area contributed by atoms with E-state index in [9.17, 15) is 9.59 Å². The average Bonchev–Trinajstić information content (AvgIpc) is 3.29. The minimum absolute atomic E-state index is 0.0228. The highest BCUT2D eigenvalue weighted by atomic mass is 19.1. The summed E-state index contributed by atoms with van der Waals surface area (Å²) in [5.41, 5.74) is 1.45. The third kappa shape index (κ3) is 3.70. The molecule has 10 heteroatoms. The normalized spacial score (nSPS) is 16.1. The number of hydrogen-bond acceptors (Lipinski definition) is 8. The number of halogens is 1. The largest absolute Gasteiger partial charge is 0.467 e. The third-order valence-corrected chi connectivity index (χ3v) is 5.93. The molecule has 9 nitrogen and oxygen atoms in total. The van der Waals surface area contributed by atoms with Crippen LogP contribution in [0.5, 0.6) is 5.75 Å². The van der Waals surface area contributed by atoms with Crippen molar-refractivity contribution in [2.75, 3.05) is 43.9 Å². The number of carbonyl (C=O) groups excluding carboxylic acids is 1. The molecule has 0 N–H and O–H groups in total.